The maximum absolute atomic E-state index is 9.50. The van der Waals surface area contributed by atoms with Crippen LogP contribution in [0.3, 0.4) is 0 Å². The predicted octanol–water partition coefficient (Wildman–Crippen LogP) is 0.190. The quantitative estimate of drug-likeness (QED) is 0.606. The van der Waals surface area contributed by atoms with Crippen molar-refractivity contribution < 1.29 is 24.5 Å². The minimum absolute atomic E-state index is 0.470. The van der Waals surface area contributed by atoms with Crippen molar-refractivity contribution >= 4 is 11.9 Å². The third-order valence-electron chi connectivity index (χ3n) is 3.94. The molecular formula is C21H26N2O5-2. The number of aromatic nitrogens is 1. The Bertz CT molecular complexity index is 667. The second-order valence-corrected chi connectivity index (χ2v) is 6.51. The van der Waals surface area contributed by atoms with Gasteiger partial charge in [0.25, 0.3) is 0 Å². The molecule has 7 heteroatoms. The maximum Gasteiger partial charge on any atom is 0.132 e. The molecule has 0 saturated carbocycles. The number of ether oxygens (including phenoxy) is 1. The Morgan fingerprint density at radius 3 is 2.04 bits per heavy atom. The van der Waals surface area contributed by atoms with Gasteiger partial charge in [-0.2, -0.15) is 0 Å². The molecule has 0 bridgehead atoms. The van der Waals surface area contributed by atoms with Crippen LogP contribution < -0.4 is 10.2 Å². The molecule has 2 aromatic rings. The van der Waals surface area contributed by atoms with E-state index in [2.05, 4.69) is 28.9 Å². The SMILES string of the molecule is CN(C)CCOC(C)(c1ccccc1)c1ccccn1.O=C([O-])CCC(=O)[O-]. The summed E-state index contributed by atoms with van der Waals surface area (Å²) in [6.45, 7) is 3.63. The number of carboxylic acids is 2. The van der Waals surface area contributed by atoms with E-state index in [0.717, 1.165) is 17.8 Å². The summed E-state index contributed by atoms with van der Waals surface area (Å²) >= 11 is 0. The summed E-state index contributed by atoms with van der Waals surface area (Å²) in [5.41, 5.74) is 1.54. The first kappa shape index (κ1) is 23.3. The van der Waals surface area contributed by atoms with Crippen molar-refractivity contribution in [3.8, 4) is 0 Å². The lowest BCUT2D eigenvalue weighted by atomic mass is 9.91. The molecule has 0 radical (unpaired) electrons. The van der Waals surface area contributed by atoms with E-state index < -0.39 is 30.4 Å². The van der Waals surface area contributed by atoms with Gasteiger partial charge in [0.05, 0.1) is 12.3 Å². The molecule has 0 spiro atoms. The Kier molecular flexibility index (Phi) is 9.84. The van der Waals surface area contributed by atoms with Crippen LogP contribution in [0.1, 0.15) is 31.0 Å². The topological polar surface area (TPSA) is 106 Å². The second-order valence-electron chi connectivity index (χ2n) is 6.51. The normalized spacial score (nSPS) is 12.6. The standard InChI is InChI=1S/C17H22N2O.C4H6O4/c1-17(20-14-13-19(2)3,15-9-5-4-6-10-15)16-11-7-8-12-18-16;5-3(6)1-2-4(7)8/h4-12H,13-14H2,1-3H3;1-2H2,(H,5,6)(H,7,8)/p-2. The van der Waals surface area contributed by atoms with Gasteiger partial charge in [-0.3, -0.25) is 4.98 Å². The summed E-state index contributed by atoms with van der Waals surface area (Å²) in [4.78, 5) is 25.6. The fraction of sp³-hybridized carbons (Fsp3) is 0.381. The molecule has 152 valence electrons. The number of carbonyl (C=O) groups is 2. The first-order valence-corrected chi connectivity index (χ1v) is 8.91. The molecule has 0 saturated heterocycles. The minimum Gasteiger partial charge on any atom is -0.550 e. The van der Waals surface area contributed by atoms with Gasteiger partial charge in [-0.05, 0) is 51.6 Å². The van der Waals surface area contributed by atoms with Gasteiger partial charge >= 0.3 is 0 Å². The number of hydrogen-bond acceptors (Lipinski definition) is 7. The highest BCUT2D eigenvalue weighted by atomic mass is 16.5. The van der Waals surface area contributed by atoms with E-state index in [4.69, 9.17) is 4.74 Å². The van der Waals surface area contributed by atoms with E-state index in [1.165, 1.54) is 0 Å². The van der Waals surface area contributed by atoms with Crippen LogP contribution in [0.4, 0.5) is 0 Å². The van der Waals surface area contributed by atoms with Gasteiger partial charge in [-0.25, -0.2) is 0 Å². The molecule has 1 unspecified atom stereocenters. The molecule has 1 heterocycles. The van der Waals surface area contributed by atoms with Crippen LogP contribution in [0.25, 0.3) is 0 Å². The van der Waals surface area contributed by atoms with Crippen molar-refractivity contribution in [1.82, 2.24) is 9.88 Å². The van der Waals surface area contributed by atoms with Crippen LogP contribution in [-0.4, -0.2) is 49.1 Å². The van der Waals surface area contributed by atoms with Crippen LogP contribution in [0.2, 0.25) is 0 Å². The molecule has 2 rings (SSSR count). The van der Waals surface area contributed by atoms with Gasteiger partial charge < -0.3 is 29.4 Å². The van der Waals surface area contributed by atoms with E-state index in [1.807, 2.05) is 56.7 Å². The number of nitrogens with zero attached hydrogens (tertiary/aromatic N) is 2. The van der Waals surface area contributed by atoms with Crippen LogP contribution in [0.15, 0.2) is 54.7 Å². The van der Waals surface area contributed by atoms with Crippen LogP contribution >= 0.6 is 0 Å². The number of carbonyl (C=O) groups excluding carboxylic acids is 2. The first-order valence-electron chi connectivity index (χ1n) is 8.91. The van der Waals surface area contributed by atoms with Crippen molar-refractivity contribution in [2.75, 3.05) is 27.2 Å². The molecule has 7 nitrogen and oxygen atoms in total. The van der Waals surface area contributed by atoms with Gasteiger partial charge in [0.1, 0.15) is 5.60 Å². The van der Waals surface area contributed by atoms with E-state index >= 15 is 0 Å². The number of pyridine rings is 1. The summed E-state index contributed by atoms with van der Waals surface area (Å²) in [5, 5.41) is 19.0. The Balaban J connectivity index is 0.000000416. The smallest absolute Gasteiger partial charge is 0.132 e. The van der Waals surface area contributed by atoms with Gasteiger partial charge in [-0.15, -0.1) is 0 Å². The molecule has 0 aliphatic rings. The lowest BCUT2D eigenvalue weighted by molar-refractivity contribution is -0.315. The van der Waals surface area contributed by atoms with E-state index in [-0.39, 0.29) is 0 Å². The number of carboxylic acid groups (broad SMARTS) is 2. The Hall–Kier alpha value is -2.77. The zero-order chi connectivity index (χ0) is 21.0. The van der Waals surface area contributed by atoms with Crippen molar-refractivity contribution in [3.05, 3.63) is 66.0 Å². The van der Waals surface area contributed by atoms with Gasteiger partial charge in [0.2, 0.25) is 0 Å². The van der Waals surface area contributed by atoms with E-state index in [9.17, 15) is 19.8 Å². The lowest BCUT2D eigenvalue weighted by Gasteiger charge is -2.30. The van der Waals surface area contributed by atoms with Crippen molar-refractivity contribution in [3.63, 3.8) is 0 Å². The zero-order valence-electron chi connectivity index (χ0n) is 16.5. The molecule has 0 amide bonds. The van der Waals surface area contributed by atoms with Crippen LogP contribution in [0.5, 0.6) is 0 Å². The summed E-state index contributed by atoms with van der Waals surface area (Å²) in [6, 6.07) is 16.2. The van der Waals surface area contributed by atoms with Gasteiger partial charge in [-0.1, -0.05) is 36.4 Å². The second kappa shape index (κ2) is 11.8. The van der Waals surface area contributed by atoms with Gasteiger partial charge in [0, 0.05) is 24.7 Å². The molecule has 0 fully saturated rings. The molecule has 1 aromatic heterocycles. The summed E-state index contributed by atoms with van der Waals surface area (Å²) in [5.74, 6) is -2.73. The van der Waals surface area contributed by atoms with Crippen LogP contribution in [0, 0.1) is 0 Å². The maximum atomic E-state index is 9.50. The highest BCUT2D eigenvalue weighted by molar-refractivity contribution is 5.72. The molecule has 0 aliphatic heterocycles. The molecule has 1 atom stereocenters. The van der Waals surface area contributed by atoms with Crippen molar-refractivity contribution in [2.24, 2.45) is 0 Å². The van der Waals surface area contributed by atoms with Crippen molar-refractivity contribution in [1.29, 1.82) is 0 Å². The fourth-order valence-electron chi connectivity index (χ4n) is 2.34. The highest BCUT2D eigenvalue weighted by Gasteiger charge is 2.31. The predicted molar refractivity (Wildman–Crippen MR) is 101 cm³/mol. The molecule has 28 heavy (non-hydrogen) atoms. The van der Waals surface area contributed by atoms with E-state index in [0.29, 0.717) is 6.61 Å². The monoisotopic (exact) mass is 386 g/mol. The number of rotatable bonds is 9. The summed E-state index contributed by atoms with van der Waals surface area (Å²) in [7, 11) is 4.09. The largest absolute Gasteiger partial charge is 0.550 e. The Morgan fingerprint density at radius 1 is 1.00 bits per heavy atom. The molecule has 1 aromatic carbocycles. The number of benzene rings is 1. The molecule has 0 aliphatic carbocycles. The zero-order valence-corrected chi connectivity index (χ0v) is 16.5. The van der Waals surface area contributed by atoms with Gasteiger partial charge in [0.15, 0.2) is 0 Å². The summed E-state index contributed by atoms with van der Waals surface area (Å²) < 4.78 is 6.21. The molecule has 0 N–H and O–H groups in total. The minimum atomic E-state index is -1.37. The number of likely N-dealkylation sites (N-methyl/N-ethyl adjacent to an activating group) is 1. The van der Waals surface area contributed by atoms with Crippen LogP contribution in [-0.2, 0) is 19.9 Å². The third-order valence-corrected chi connectivity index (χ3v) is 3.94. The lowest BCUT2D eigenvalue weighted by Crippen LogP contribution is -2.32. The number of aliphatic carboxylic acids is 2. The number of hydrogen-bond donors (Lipinski definition) is 0. The van der Waals surface area contributed by atoms with Crippen molar-refractivity contribution in [2.45, 2.75) is 25.4 Å². The first-order chi connectivity index (χ1) is 13.3. The van der Waals surface area contributed by atoms with E-state index in [1.54, 1.807) is 0 Å². The highest BCUT2D eigenvalue weighted by Crippen LogP contribution is 2.31. The Morgan fingerprint density at radius 2 is 1.57 bits per heavy atom. The third kappa shape index (κ3) is 8.28. The molecular weight excluding hydrogens is 360 g/mol. The summed E-state index contributed by atoms with van der Waals surface area (Å²) in [6.07, 6.45) is 0.872. The average Bonchev–Trinajstić information content (AvgIpc) is 2.68. The Labute approximate surface area is 165 Å². The fourth-order valence-corrected chi connectivity index (χ4v) is 2.34. The average molecular weight is 386 g/mol.